The van der Waals surface area contributed by atoms with Gasteiger partial charge in [-0.2, -0.15) is 5.21 Å². The number of tetrazole rings is 1. The van der Waals surface area contributed by atoms with Gasteiger partial charge in [0.25, 0.3) is 5.91 Å². The molecule has 4 aromatic rings. The molecule has 1 aromatic heterocycles. The van der Waals surface area contributed by atoms with Gasteiger partial charge >= 0.3 is 0 Å². The molecule has 1 saturated carbocycles. The Morgan fingerprint density at radius 3 is 2.24 bits per heavy atom. The van der Waals surface area contributed by atoms with Crippen molar-refractivity contribution in [2.75, 3.05) is 36.5 Å². The van der Waals surface area contributed by atoms with Crippen molar-refractivity contribution in [1.29, 1.82) is 0 Å². The number of aromatic nitrogens is 4. The summed E-state index contributed by atoms with van der Waals surface area (Å²) in [4.78, 5) is 41.7. The summed E-state index contributed by atoms with van der Waals surface area (Å²) in [7, 11) is -3.08. The second-order valence-corrected chi connectivity index (χ2v) is 15.5. The number of carbonyl (C=O) groups is 3. The standard InChI is InChI=1S/C36H42N8O5S/c1-23-20-29(36(47)44-16-18-50(48,49)19-17-44)12-15-31(23)26-6-2-24(3-7-26)21-32(39-34(45)28-8-4-25(22-37)5-9-28)35(46)38-30-13-10-27(11-14-30)33-40-42-43-41-33/h2-3,6-7,10-15,20,25,28,32H,4-5,8-9,16-19,21-22,37H2,1H3,(H,38,46)(H,39,45)(H,40,41,42,43)/t25?,28?,32-/m0/s1. The molecule has 0 bridgehead atoms. The number of nitrogens with zero attached hydrogens (tertiary/aromatic N) is 4. The number of anilines is 1. The molecule has 0 spiro atoms. The van der Waals surface area contributed by atoms with E-state index < -0.39 is 15.9 Å². The molecular weight excluding hydrogens is 657 g/mol. The molecule has 262 valence electrons. The first-order valence-electron chi connectivity index (χ1n) is 16.9. The predicted octanol–water partition coefficient (Wildman–Crippen LogP) is 3.14. The van der Waals surface area contributed by atoms with Gasteiger partial charge in [-0.15, -0.1) is 10.2 Å². The Balaban J connectivity index is 1.15. The highest BCUT2D eigenvalue weighted by Gasteiger charge is 2.30. The second kappa shape index (κ2) is 15.3. The average molecular weight is 699 g/mol. The monoisotopic (exact) mass is 698 g/mol. The van der Waals surface area contributed by atoms with Gasteiger partial charge in [-0.05, 0) is 109 Å². The number of rotatable bonds is 10. The van der Waals surface area contributed by atoms with Crippen LogP contribution in [0.3, 0.4) is 0 Å². The summed E-state index contributed by atoms with van der Waals surface area (Å²) in [6.45, 7) is 2.96. The van der Waals surface area contributed by atoms with Gasteiger partial charge in [0.1, 0.15) is 6.04 Å². The van der Waals surface area contributed by atoms with Gasteiger partial charge in [0.05, 0.1) is 11.5 Å². The third-order valence-corrected chi connectivity index (χ3v) is 11.4. The van der Waals surface area contributed by atoms with Crippen LogP contribution in [0.1, 0.15) is 47.2 Å². The molecule has 2 fully saturated rings. The molecule has 2 aliphatic rings. The highest BCUT2D eigenvalue weighted by molar-refractivity contribution is 7.91. The third-order valence-electron chi connectivity index (χ3n) is 9.75. The van der Waals surface area contributed by atoms with Crippen LogP contribution in [-0.2, 0) is 25.8 Å². The predicted molar refractivity (Wildman–Crippen MR) is 190 cm³/mol. The molecule has 5 N–H and O–H groups in total. The Morgan fingerprint density at radius 2 is 1.62 bits per heavy atom. The minimum absolute atomic E-state index is 0.0140. The summed E-state index contributed by atoms with van der Waals surface area (Å²) >= 11 is 0. The smallest absolute Gasteiger partial charge is 0.253 e. The number of amides is 3. The summed E-state index contributed by atoms with van der Waals surface area (Å²) in [6, 6.07) is 19.6. The van der Waals surface area contributed by atoms with Crippen molar-refractivity contribution in [1.82, 2.24) is 30.8 Å². The minimum atomic E-state index is -3.08. The highest BCUT2D eigenvalue weighted by atomic mass is 32.2. The normalized spacial score (nSPS) is 19.4. The van der Waals surface area contributed by atoms with E-state index in [-0.39, 0.29) is 54.7 Å². The van der Waals surface area contributed by atoms with Gasteiger partial charge in [-0.3, -0.25) is 14.4 Å². The number of nitrogens with one attached hydrogen (secondary N) is 3. The Labute approximate surface area is 291 Å². The molecule has 2 heterocycles. The van der Waals surface area contributed by atoms with E-state index in [0.717, 1.165) is 53.5 Å². The highest BCUT2D eigenvalue weighted by Crippen LogP contribution is 2.29. The molecule has 0 radical (unpaired) electrons. The molecule has 13 nitrogen and oxygen atoms in total. The summed E-state index contributed by atoms with van der Waals surface area (Å²) < 4.78 is 23.6. The number of nitrogens with two attached hydrogens (primary N) is 1. The fourth-order valence-corrected chi connectivity index (χ4v) is 7.85. The second-order valence-electron chi connectivity index (χ2n) is 13.2. The lowest BCUT2D eigenvalue weighted by atomic mass is 9.81. The molecule has 1 saturated heterocycles. The number of H-pyrrole nitrogens is 1. The van der Waals surface area contributed by atoms with Crippen LogP contribution in [0.15, 0.2) is 66.7 Å². The maximum atomic E-state index is 13.7. The van der Waals surface area contributed by atoms with E-state index in [0.29, 0.717) is 29.5 Å². The minimum Gasteiger partial charge on any atom is -0.344 e. The Kier molecular flexibility index (Phi) is 10.7. The molecule has 6 rings (SSSR count). The van der Waals surface area contributed by atoms with Gasteiger partial charge in [-0.25, -0.2) is 8.42 Å². The van der Waals surface area contributed by atoms with E-state index in [9.17, 15) is 22.8 Å². The van der Waals surface area contributed by atoms with Crippen LogP contribution in [-0.4, -0.2) is 88.8 Å². The fraction of sp³-hybridized carbons (Fsp3) is 0.389. The zero-order chi connectivity index (χ0) is 35.3. The summed E-state index contributed by atoms with van der Waals surface area (Å²) in [6.07, 6.45) is 3.58. The van der Waals surface area contributed by atoms with E-state index in [1.54, 1.807) is 35.2 Å². The number of hydrogen-bond acceptors (Lipinski definition) is 9. The van der Waals surface area contributed by atoms with Crippen LogP contribution in [0, 0.1) is 18.8 Å². The molecular formula is C36H42N8O5S. The molecule has 14 heteroatoms. The van der Waals surface area contributed by atoms with Crippen molar-refractivity contribution in [2.45, 2.75) is 45.1 Å². The lowest BCUT2D eigenvalue weighted by molar-refractivity contribution is -0.130. The topological polar surface area (TPSA) is 193 Å². The van der Waals surface area contributed by atoms with Gasteiger partial charge in [0.2, 0.25) is 17.6 Å². The first kappa shape index (κ1) is 34.9. The Morgan fingerprint density at radius 1 is 0.940 bits per heavy atom. The zero-order valence-electron chi connectivity index (χ0n) is 28.0. The number of hydrogen-bond donors (Lipinski definition) is 4. The summed E-state index contributed by atoms with van der Waals surface area (Å²) in [5.74, 6) is 0.0614. The van der Waals surface area contributed by atoms with Crippen LogP contribution < -0.4 is 16.4 Å². The average Bonchev–Trinajstić information content (AvgIpc) is 3.67. The van der Waals surface area contributed by atoms with Crippen LogP contribution in [0.2, 0.25) is 0 Å². The molecule has 1 aliphatic heterocycles. The molecule has 3 amide bonds. The lowest BCUT2D eigenvalue weighted by Gasteiger charge is -2.28. The maximum absolute atomic E-state index is 13.7. The van der Waals surface area contributed by atoms with E-state index in [2.05, 4.69) is 31.3 Å². The number of benzene rings is 3. The summed E-state index contributed by atoms with van der Waals surface area (Å²) in [5.41, 5.74) is 11.4. The van der Waals surface area contributed by atoms with Crippen molar-refractivity contribution < 1.29 is 22.8 Å². The van der Waals surface area contributed by atoms with E-state index in [1.165, 1.54) is 0 Å². The lowest BCUT2D eigenvalue weighted by Crippen LogP contribution is -2.48. The SMILES string of the molecule is Cc1cc(C(=O)N2CCS(=O)(=O)CC2)ccc1-c1ccc(C[C@H](NC(=O)C2CCC(CN)CC2)C(=O)Nc2ccc(-c3nn[nH]n3)cc2)cc1. The zero-order valence-corrected chi connectivity index (χ0v) is 28.8. The molecule has 0 unspecified atom stereocenters. The summed E-state index contributed by atoms with van der Waals surface area (Å²) in [5, 5.41) is 20.0. The van der Waals surface area contributed by atoms with E-state index in [1.807, 2.05) is 43.3 Å². The first-order chi connectivity index (χ1) is 24.1. The molecule has 50 heavy (non-hydrogen) atoms. The number of sulfone groups is 1. The van der Waals surface area contributed by atoms with Gasteiger partial charge < -0.3 is 21.3 Å². The van der Waals surface area contributed by atoms with E-state index in [4.69, 9.17) is 5.73 Å². The van der Waals surface area contributed by atoms with Crippen molar-refractivity contribution in [3.8, 4) is 22.5 Å². The van der Waals surface area contributed by atoms with Crippen LogP contribution in [0.4, 0.5) is 5.69 Å². The van der Waals surface area contributed by atoms with Crippen molar-refractivity contribution >= 4 is 33.2 Å². The third kappa shape index (κ3) is 8.43. The van der Waals surface area contributed by atoms with Gasteiger partial charge in [-0.1, -0.05) is 30.3 Å². The maximum Gasteiger partial charge on any atom is 0.253 e. The van der Waals surface area contributed by atoms with Crippen LogP contribution in [0.5, 0.6) is 0 Å². The van der Waals surface area contributed by atoms with Crippen LogP contribution in [0.25, 0.3) is 22.5 Å². The molecule has 1 atom stereocenters. The van der Waals surface area contributed by atoms with Gasteiger partial charge in [0, 0.05) is 42.2 Å². The van der Waals surface area contributed by atoms with E-state index >= 15 is 0 Å². The Bertz CT molecular complexity index is 1910. The largest absolute Gasteiger partial charge is 0.344 e. The van der Waals surface area contributed by atoms with Crippen LogP contribution >= 0.6 is 0 Å². The van der Waals surface area contributed by atoms with Crippen molar-refractivity contribution in [3.63, 3.8) is 0 Å². The van der Waals surface area contributed by atoms with Gasteiger partial charge in [0.15, 0.2) is 9.84 Å². The Hall–Kier alpha value is -4.95. The fourth-order valence-electron chi connectivity index (χ4n) is 6.65. The number of carbonyl (C=O) groups excluding carboxylic acids is 3. The first-order valence-corrected chi connectivity index (χ1v) is 18.8. The number of aromatic amines is 1. The van der Waals surface area contributed by atoms with Crippen molar-refractivity contribution in [2.24, 2.45) is 17.6 Å². The molecule has 1 aliphatic carbocycles. The number of aryl methyl sites for hydroxylation is 1. The molecule has 3 aromatic carbocycles. The van der Waals surface area contributed by atoms with Crippen molar-refractivity contribution in [3.05, 3.63) is 83.4 Å². The quantitative estimate of drug-likeness (QED) is 0.193.